The molecule has 0 atom stereocenters. The second-order valence-corrected chi connectivity index (χ2v) is 3.66. The second kappa shape index (κ2) is 5.72. The third kappa shape index (κ3) is 3.01. The van der Waals surface area contributed by atoms with E-state index in [0.29, 0.717) is 11.8 Å². The fourth-order valence-corrected chi connectivity index (χ4v) is 1.39. The summed E-state index contributed by atoms with van der Waals surface area (Å²) >= 11 is 0. The highest BCUT2D eigenvalue weighted by Crippen LogP contribution is 2.05. The number of aldehydes is 1. The molecule has 18 heavy (non-hydrogen) atoms. The largest absolute Gasteiger partial charge is 0.456 e. The first-order valence-electron chi connectivity index (χ1n) is 5.42. The number of pyridine rings is 1. The van der Waals surface area contributed by atoms with Crippen LogP contribution in [0.25, 0.3) is 0 Å². The summed E-state index contributed by atoms with van der Waals surface area (Å²) in [5.41, 5.74) is 1.53. The molecule has 0 saturated carbocycles. The summed E-state index contributed by atoms with van der Waals surface area (Å²) in [5.74, 6) is -0.503. The first-order chi connectivity index (χ1) is 8.79. The Labute approximate surface area is 104 Å². The Bertz CT molecular complexity index is 535. The Morgan fingerprint density at radius 2 is 1.94 bits per heavy atom. The van der Waals surface area contributed by atoms with E-state index in [1.807, 2.05) is 30.3 Å². The van der Waals surface area contributed by atoms with E-state index in [9.17, 15) is 9.59 Å². The summed E-state index contributed by atoms with van der Waals surface area (Å²) in [4.78, 5) is 25.9. The highest BCUT2D eigenvalue weighted by atomic mass is 16.5. The molecule has 1 aromatic heterocycles. The van der Waals surface area contributed by atoms with Gasteiger partial charge in [-0.05, 0) is 17.7 Å². The van der Waals surface area contributed by atoms with Crippen molar-refractivity contribution in [2.24, 2.45) is 0 Å². The molecular formula is C14H11NO3. The van der Waals surface area contributed by atoms with E-state index >= 15 is 0 Å². The molecule has 0 N–H and O–H groups in total. The maximum absolute atomic E-state index is 11.6. The molecule has 0 amide bonds. The lowest BCUT2D eigenvalue weighted by molar-refractivity contribution is 0.0465. The van der Waals surface area contributed by atoms with Crippen molar-refractivity contribution in [3.8, 4) is 0 Å². The van der Waals surface area contributed by atoms with E-state index in [4.69, 9.17) is 4.74 Å². The molecule has 2 rings (SSSR count). The number of rotatable bonds is 4. The Morgan fingerprint density at radius 1 is 1.17 bits per heavy atom. The van der Waals surface area contributed by atoms with E-state index in [2.05, 4.69) is 4.98 Å². The topological polar surface area (TPSA) is 56.3 Å². The van der Waals surface area contributed by atoms with Gasteiger partial charge in [-0.1, -0.05) is 30.3 Å². The minimum absolute atomic E-state index is 0.191. The fraction of sp³-hybridized carbons (Fsp3) is 0.0714. The van der Waals surface area contributed by atoms with Crippen molar-refractivity contribution in [1.82, 2.24) is 4.98 Å². The van der Waals surface area contributed by atoms with Crippen LogP contribution in [0, 0.1) is 0 Å². The van der Waals surface area contributed by atoms with Crippen LogP contribution in [0.2, 0.25) is 0 Å². The Morgan fingerprint density at radius 3 is 2.56 bits per heavy atom. The lowest BCUT2D eigenvalue weighted by atomic mass is 10.2. The Hall–Kier alpha value is -2.49. The molecule has 90 valence electrons. The van der Waals surface area contributed by atoms with Crippen LogP contribution in [-0.4, -0.2) is 17.2 Å². The van der Waals surface area contributed by atoms with Crippen LogP contribution in [0.5, 0.6) is 0 Å². The van der Waals surface area contributed by atoms with Crippen LogP contribution in [-0.2, 0) is 11.3 Å². The van der Waals surface area contributed by atoms with Crippen molar-refractivity contribution in [2.75, 3.05) is 0 Å². The lowest BCUT2D eigenvalue weighted by Gasteiger charge is -2.04. The van der Waals surface area contributed by atoms with Gasteiger partial charge in [-0.3, -0.25) is 4.79 Å². The molecule has 0 unspecified atom stereocenters. The molecule has 0 fully saturated rings. The number of ether oxygens (including phenoxy) is 1. The predicted octanol–water partition coefficient (Wildman–Crippen LogP) is 2.25. The molecule has 4 heteroatoms. The molecule has 1 heterocycles. The molecule has 0 bridgehead atoms. The van der Waals surface area contributed by atoms with Crippen molar-refractivity contribution < 1.29 is 14.3 Å². The van der Waals surface area contributed by atoms with Crippen LogP contribution in [0.15, 0.2) is 48.7 Å². The normalized spacial score (nSPS) is 9.78. The quantitative estimate of drug-likeness (QED) is 0.608. The van der Waals surface area contributed by atoms with Gasteiger partial charge in [-0.2, -0.15) is 0 Å². The van der Waals surface area contributed by atoms with Gasteiger partial charge in [0.05, 0.1) is 0 Å². The molecule has 0 radical (unpaired) electrons. The van der Waals surface area contributed by atoms with Crippen molar-refractivity contribution in [1.29, 1.82) is 0 Å². The minimum atomic E-state index is -0.503. The Kier molecular flexibility index (Phi) is 3.81. The number of nitrogens with zero attached hydrogens (tertiary/aromatic N) is 1. The van der Waals surface area contributed by atoms with Crippen LogP contribution in [0.3, 0.4) is 0 Å². The number of carbonyl (C=O) groups excluding carboxylic acids is 2. The first-order valence-corrected chi connectivity index (χ1v) is 5.42. The van der Waals surface area contributed by atoms with Crippen LogP contribution < -0.4 is 0 Å². The average molecular weight is 241 g/mol. The van der Waals surface area contributed by atoms with Gasteiger partial charge in [0.1, 0.15) is 12.3 Å². The van der Waals surface area contributed by atoms with Crippen LogP contribution in [0.1, 0.15) is 26.4 Å². The van der Waals surface area contributed by atoms with Gasteiger partial charge in [0.15, 0.2) is 6.29 Å². The van der Waals surface area contributed by atoms with Crippen LogP contribution >= 0.6 is 0 Å². The van der Waals surface area contributed by atoms with E-state index in [-0.39, 0.29) is 12.3 Å². The Balaban J connectivity index is 1.97. The third-order valence-electron chi connectivity index (χ3n) is 2.34. The first kappa shape index (κ1) is 12.0. The molecule has 0 spiro atoms. The van der Waals surface area contributed by atoms with Gasteiger partial charge in [0.2, 0.25) is 0 Å². The summed E-state index contributed by atoms with van der Waals surface area (Å²) in [6, 6.07) is 12.4. The number of aromatic nitrogens is 1. The number of esters is 1. The van der Waals surface area contributed by atoms with Gasteiger partial charge < -0.3 is 4.74 Å². The molecule has 0 aliphatic rings. The number of benzene rings is 1. The van der Waals surface area contributed by atoms with Gasteiger partial charge in [0.25, 0.3) is 0 Å². The zero-order chi connectivity index (χ0) is 12.8. The monoisotopic (exact) mass is 241 g/mol. The lowest BCUT2D eigenvalue weighted by Crippen LogP contribution is -2.07. The van der Waals surface area contributed by atoms with Gasteiger partial charge in [-0.15, -0.1) is 0 Å². The SMILES string of the molecule is O=Cc1ccc(C(=O)OCc2ccccc2)nc1. The zero-order valence-electron chi connectivity index (χ0n) is 9.58. The summed E-state index contributed by atoms with van der Waals surface area (Å²) < 4.78 is 5.10. The van der Waals surface area contributed by atoms with Crippen molar-refractivity contribution in [3.05, 3.63) is 65.5 Å². The zero-order valence-corrected chi connectivity index (χ0v) is 9.58. The molecule has 1 aromatic carbocycles. The third-order valence-corrected chi connectivity index (χ3v) is 2.34. The van der Waals surface area contributed by atoms with Gasteiger partial charge >= 0.3 is 5.97 Å². The summed E-state index contributed by atoms with van der Waals surface area (Å²) in [6.45, 7) is 0.205. The predicted molar refractivity (Wildman–Crippen MR) is 65.2 cm³/mol. The molecular weight excluding hydrogens is 230 g/mol. The highest BCUT2D eigenvalue weighted by molar-refractivity contribution is 5.87. The minimum Gasteiger partial charge on any atom is -0.456 e. The average Bonchev–Trinajstić information content (AvgIpc) is 2.46. The fourth-order valence-electron chi connectivity index (χ4n) is 1.39. The van der Waals surface area contributed by atoms with Crippen LogP contribution in [0.4, 0.5) is 0 Å². The summed E-state index contributed by atoms with van der Waals surface area (Å²) in [5, 5.41) is 0. The van der Waals surface area contributed by atoms with Crippen molar-refractivity contribution in [2.45, 2.75) is 6.61 Å². The van der Waals surface area contributed by atoms with E-state index in [0.717, 1.165) is 5.56 Å². The van der Waals surface area contributed by atoms with Crippen molar-refractivity contribution in [3.63, 3.8) is 0 Å². The summed E-state index contributed by atoms with van der Waals surface area (Å²) in [6.07, 6.45) is 2.01. The summed E-state index contributed by atoms with van der Waals surface area (Å²) in [7, 11) is 0. The highest BCUT2D eigenvalue weighted by Gasteiger charge is 2.08. The number of carbonyl (C=O) groups is 2. The molecule has 0 saturated heterocycles. The number of hydrogen-bond donors (Lipinski definition) is 0. The van der Waals surface area contributed by atoms with Gasteiger partial charge in [-0.25, -0.2) is 9.78 Å². The second-order valence-electron chi connectivity index (χ2n) is 3.66. The van der Waals surface area contributed by atoms with Crippen molar-refractivity contribution >= 4 is 12.3 Å². The maximum atomic E-state index is 11.6. The number of hydrogen-bond acceptors (Lipinski definition) is 4. The smallest absolute Gasteiger partial charge is 0.357 e. The van der Waals surface area contributed by atoms with Gasteiger partial charge in [0, 0.05) is 11.8 Å². The van der Waals surface area contributed by atoms with E-state index in [1.54, 1.807) is 0 Å². The molecule has 2 aromatic rings. The molecule has 0 aliphatic carbocycles. The molecule has 4 nitrogen and oxygen atoms in total. The standard InChI is InChI=1S/C14H11NO3/c16-9-12-6-7-13(15-8-12)14(17)18-10-11-4-2-1-3-5-11/h1-9H,10H2. The molecule has 0 aliphatic heterocycles. The maximum Gasteiger partial charge on any atom is 0.357 e. The van der Waals surface area contributed by atoms with E-state index < -0.39 is 5.97 Å². The van der Waals surface area contributed by atoms with E-state index in [1.165, 1.54) is 18.3 Å².